The van der Waals surface area contributed by atoms with E-state index < -0.39 is 0 Å². The Hall–Kier alpha value is -1.82. The van der Waals surface area contributed by atoms with Crippen LogP contribution in [-0.4, -0.2) is 11.6 Å². The van der Waals surface area contributed by atoms with Gasteiger partial charge in [0.2, 0.25) is 0 Å². The summed E-state index contributed by atoms with van der Waals surface area (Å²) in [5.74, 6) is 0.555. The Morgan fingerprint density at radius 2 is 2.50 bits per heavy atom. The number of allylic oxidation sites excluding steroid dienone is 1. The van der Waals surface area contributed by atoms with Gasteiger partial charge in [-0.15, -0.1) is 6.58 Å². The van der Waals surface area contributed by atoms with E-state index in [1.807, 2.05) is 6.08 Å². The fourth-order valence-corrected chi connectivity index (χ4v) is 0.997. The van der Waals surface area contributed by atoms with Crippen molar-refractivity contribution in [1.29, 1.82) is 5.26 Å². The third-order valence-corrected chi connectivity index (χ3v) is 1.72. The van der Waals surface area contributed by atoms with Crippen LogP contribution in [-0.2, 0) is 0 Å². The molecule has 1 heterocycles. The van der Waals surface area contributed by atoms with Crippen molar-refractivity contribution in [3.8, 4) is 11.8 Å². The van der Waals surface area contributed by atoms with Crippen LogP contribution in [0.25, 0.3) is 0 Å². The van der Waals surface area contributed by atoms with E-state index in [2.05, 4.69) is 17.6 Å². The molecule has 0 spiro atoms. The van der Waals surface area contributed by atoms with Gasteiger partial charge in [-0.2, -0.15) is 5.26 Å². The molecule has 1 rings (SSSR count). The van der Waals surface area contributed by atoms with Gasteiger partial charge in [0.1, 0.15) is 6.07 Å². The summed E-state index contributed by atoms with van der Waals surface area (Å²) in [6.07, 6.45) is 6.81. The van der Waals surface area contributed by atoms with Gasteiger partial charge in [0, 0.05) is 6.20 Å². The largest absolute Gasteiger partial charge is 0.491 e. The Morgan fingerprint density at radius 1 is 1.64 bits per heavy atom. The first-order valence-corrected chi connectivity index (χ1v) is 4.46. The SMILES string of the molecule is C=CCCCOc1cnccc1C#N. The van der Waals surface area contributed by atoms with Gasteiger partial charge in [0.25, 0.3) is 0 Å². The first-order valence-electron chi connectivity index (χ1n) is 4.46. The van der Waals surface area contributed by atoms with Crippen LogP contribution in [0.2, 0.25) is 0 Å². The van der Waals surface area contributed by atoms with Gasteiger partial charge in [0.05, 0.1) is 18.4 Å². The highest BCUT2D eigenvalue weighted by atomic mass is 16.5. The summed E-state index contributed by atoms with van der Waals surface area (Å²) in [7, 11) is 0. The molecular weight excluding hydrogens is 176 g/mol. The van der Waals surface area contributed by atoms with Crippen molar-refractivity contribution in [3.05, 3.63) is 36.7 Å². The van der Waals surface area contributed by atoms with Crippen LogP contribution in [0.5, 0.6) is 5.75 Å². The lowest BCUT2D eigenvalue weighted by atomic mass is 10.3. The number of aromatic nitrogens is 1. The number of unbranched alkanes of at least 4 members (excludes halogenated alkanes) is 1. The summed E-state index contributed by atoms with van der Waals surface area (Å²) in [6, 6.07) is 3.69. The molecule has 0 aliphatic heterocycles. The van der Waals surface area contributed by atoms with Gasteiger partial charge in [-0.05, 0) is 18.9 Å². The zero-order valence-electron chi connectivity index (χ0n) is 7.94. The second-order valence-corrected chi connectivity index (χ2v) is 2.76. The minimum absolute atomic E-state index is 0.526. The summed E-state index contributed by atoms with van der Waals surface area (Å²) in [4.78, 5) is 3.90. The van der Waals surface area contributed by atoms with E-state index in [1.54, 1.807) is 18.5 Å². The minimum Gasteiger partial charge on any atom is -0.491 e. The standard InChI is InChI=1S/C11H12N2O/c1-2-3-4-7-14-11-9-13-6-5-10(11)8-12/h2,5-6,9H,1,3-4,7H2. The molecule has 0 bridgehead atoms. The highest BCUT2D eigenvalue weighted by Crippen LogP contribution is 2.14. The van der Waals surface area contributed by atoms with Crippen LogP contribution >= 0.6 is 0 Å². The van der Waals surface area contributed by atoms with Crippen molar-refractivity contribution in [2.24, 2.45) is 0 Å². The van der Waals surface area contributed by atoms with Crippen molar-refractivity contribution >= 4 is 0 Å². The Morgan fingerprint density at radius 3 is 3.21 bits per heavy atom. The van der Waals surface area contributed by atoms with Crippen LogP contribution < -0.4 is 4.74 Å². The second-order valence-electron chi connectivity index (χ2n) is 2.76. The number of pyridine rings is 1. The van der Waals surface area contributed by atoms with Gasteiger partial charge in [-0.1, -0.05) is 6.08 Å². The van der Waals surface area contributed by atoms with E-state index in [4.69, 9.17) is 10.00 Å². The fraction of sp³-hybridized carbons (Fsp3) is 0.273. The van der Waals surface area contributed by atoms with E-state index in [1.165, 1.54) is 0 Å². The summed E-state index contributed by atoms with van der Waals surface area (Å²) >= 11 is 0. The summed E-state index contributed by atoms with van der Waals surface area (Å²) in [5, 5.41) is 8.75. The van der Waals surface area contributed by atoms with E-state index in [0.29, 0.717) is 17.9 Å². The summed E-state index contributed by atoms with van der Waals surface area (Å²) < 4.78 is 5.40. The lowest BCUT2D eigenvalue weighted by molar-refractivity contribution is 0.310. The second kappa shape index (κ2) is 5.76. The minimum atomic E-state index is 0.526. The number of hydrogen-bond donors (Lipinski definition) is 0. The van der Waals surface area contributed by atoms with Crippen molar-refractivity contribution in [2.75, 3.05) is 6.61 Å². The highest BCUT2D eigenvalue weighted by molar-refractivity contribution is 5.40. The predicted octanol–water partition coefficient (Wildman–Crippen LogP) is 2.30. The molecule has 72 valence electrons. The van der Waals surface area contributed by atoms with Crippen molar-refractivity contribution in [2.45, 2.75) is 12.8 Å². The molecule has 0 amide bonds. The van der Waals surface area contributed by atoms with Gasteiger partial charge in [-0.3, -0.25) is 4.98 Å². The predicted molar refractivity (Wildman–Crippen MR) is 53.9 cm³/mol. The molecule has 3 nitrogen and oxygen atoms in total. The van der Waals surface area contributed by atoms with E-state index in [0.717, 1.165) is 12.8 Å². The molecule has 0 aliphatic carbocycles. The van der Waals surface area contributed by atoms with Gasteiger partial charge in [-0.25, -0.2) is 0 Å². The Balaban J connectivity index is 2.50. The molecule has 0 atom stereocenters. The average Bonchev–Trinajstić information content (AvgIpc) is 2.25. The highest BCUT2D eigenvalue weighted by Gasteiger charge is 2.00. The van der Waals surface area contributed by atoms with E-state index in [-0.39, 0.29) is 0 Å². The molecule has 1 aromatic heterocycles. The Kier molecular flexibility index (Phi) is 4.22. The molecule has 0 radical (unpaired) electrons. The smallest absolute Gasteiger partial charge is 0.155 e. The van der Waals surface area contributed by atoms with Crippen LogP contribution in [0.1, 0.15) is 18.4 Å². The van der Waals surface area contributed by atoms with E-state index >= 15 is 0 Å². The molecule has 0 N–H and O–H groups in total. The molecule has 0 unspecified atom stereocenters. The third kappa shape index (κ3) is 2.91. The van der Waals surface area contributed by atoms with Crippen LogP contribution in [0.4, 0.5) is 0 Å². The zero-order chi connectivity index (χ0) is 10.2. The van der Waals surface area contributed by atoms with Crippen molar-refractivity contribution < 1.29 is 4.74 Å². The van der Waals surface area contributed by atoms with Crippen LogP contribution in [0, 0.1) is 11.3 Å². The molecule has 0 saturated carbocycles. The number of nitrogens with zero attached hydrogens (tertiary/aromatic N) is 2. The monoisotopic (exact) mass is 188 g/mol. The van der Waals surface area contributed by atoms with Crippen molar-refractivity contribution in [1.82, 2.24) is 4.98 Å². The lowest BCUT2D eigenvalue weighted by Crippen LogP contribution is -1.98. The maximum Gasteiger partial charge on any atom is 0.155 e. The molecule has 14 heavy (non-hydrogen) atoms. The Labute approximate surface area is 83.7 Å². The average molecular weight is 188 g/mol. The van der Waals surface area contributed by atoms with Crippen molar-refractivity contribution in [3.63, 3.8) is 0 Å². The number of nitriles is 1. The first-order chi connectivity index (χ1) is 6.88. The fourth-order valence-electron chi connectivity index (χ4n) is 0.997. The Bertz CT molecular complexity index is 341. The molecule has 0 saturated heterocycles. The van der Waals surface area contributed by atoms with Gasteiger partial charge < -0.3 is 4.74 Å². The third-order valence-electron chi connectivity index (χ3n) is 1.72. The quantitative estimate of drug-likeness (QED) is 0.526. The van der Waals surface area contributed by atoms with Crippen LogP contribution in [0.3, 0.4) is 0 Å². The number of ether oxygens (including phenoxy) is 1. The van der Waals surface area contributed by atoms with Gasteiger partial charge in [0.15, 0.2) is 5.75 Å². The lowest BCUT2D eigenvalue weighted by Gasteiger charge is -2.05. The molecular formula is C11H12N2O. The maximum absolute atomic E-state index is 8.75. The topological polar surface area (TPSA) is 45.9 Å². The zero-order valence-corrected chi connectivity index (χ0v) is 7.94. The van der Waals surface area contributed by atoms with E-state index in [9.17, 15) is 0 Å². The molecule has 0 aromatic carbocycles. The molecule has 0 aliphatic rings. The number of rotatable bonds is 5. The summed E-state index contributed by atoms with van der Waals surface area (Å²) in [6.45, 7) is 4.21. The van der Waals surface area contributed by atoms with Gasteiger partial charge >= 0.3 is 0 Å². The first kappa shape index (κ1) is 10.3. The molecule has 3 heteroatoms. The molecule has 0 fully saturated rings. The normalized spacial score (nSPS) is 9.07. The maximum atomic E-state index is 8.75. The molecule has 1 aromatic rings. The van der Waals surface area contributed by atoms with Crippen LogP contribution in [0.15, 0.2) is 31.1 Å². The number of hydrogen-bond acceptors (Lipinski definition) is 3. The summed E-state index contributed by atoms with van der Waals surface area (Å²) in [5.41, 5.74) is 0.526.